The van der Waals surface area contributed by atoms with Crippen molar-refractivity contribution in [3.05, 3.63) is 71.3 Å². The second-order valence-electron chi connectivity index (χ2n) is 8.29. The lowest BCUT2D eigenvalue weighted by Crippen LogP contribution is -2.46. The van der Waals surface area contributed by atoms with E-state index in [9.17, 15) is 23.5 Å². The molecule has 2 aromatic carbocycles. The number of carbonyl (C=O) groups is 2. The van der Waals surface area contributed by atoms with E-state index in [1.807, 2.05) is 0 Å². The minimum absolute atomic E-state index is 0.128. The first-order valence-corrected chi connectivity index (χ1v) is 10.2. The van der Waals surface area contributed by atoms with Gasteiger partial charge in [0, 0.05) is 0 Å². The molecule has 0 aromatic heterocycles. The van der Waals surface area contributed by atoms with Crippen molar-refractivity contribution in [2.45, 2.75) is 37.5 Å². The molecule has 1 heterocycles. The second-order valence-corrected chi connectivity index (χ2v) is 8.29. The van der Waals surface area contributed by atoms with Crippen molar-refractivity contribution in [1.29, 1.82) is 0 Å². The van der Waals surface area contributed by atoms with Crippen molar-refractivity contribution in [3.63, 3.8) is 0 Å². The van der Waals surface area contributed by atoms with Gasteiger partial charge in [-0.25, -0.2) is 13.6 Å². The first kappa shape index (κ1) is 21.4. The van der Waals surface area contributed by atoms with Crippen LogP contribution in [0.3, 0.4) is 0 Å². The molecule has 1 saturated heterocycles. The quantitative estimate of drug-likeness (QED) is 0.631. The molecular weight excluding hydrogens is 406 g/mol. The molecule has 0 bridgehead atoms. The van der Waals surface area contributed by atoms with Crippen LogP contribution in [0, 0.1) is 17.6 Å². The van der Waals surface area contributed by atoms with Crippen molar-refractivity contribution < 1.29 is 28.2 Å². The van der Waals surface area contributed by atoms with E-state index in [1.54, 1.807) is 31.2 Å². The summed E-state index contributed by atoms with van der Waals surface area (Å²) in [5.41, 5.74) is 0.329. The molecule has 8 heteroatoms. The monoisotopic (exact) mass is 430 g/mol. The molecule has 6 nitrogen and oxygen atoms in total. The molecule has 164 valence electrons. The summed E-state index contributed by atoms with van der Waals surface area (Å²) >= 11 is 0. The Morgan fingerprint density at radius 2 is 1.58 bits per heavy atom. The maximum atomic E-state index is 13.3. The van der Waals surface area contributed by atoms with E-state index in [-0.39, 0.29) is 25.0 Å². The van der Waals surface area contributed by atoms with E-state index < -0.39 is 35.4 Å². The van der Waals surface area contributed by atoms with Crippen LogP contribution < -0.4 is 5.32 Å². The van der Waals surface area contributed by atoms with Crippen LogP contribution in [0.5, 0.6) is 0 Å². The first-order chi connectivity index (χ1) is 14.8. The Morgan fingerprint density at radius 1 is 1.06 bits per heavy atom. The van der Waals surface area contributed by atoms with Crippen LogP contribution in [-0.2, 0) is 9.53 Å². The number of amides is 3. The second kappa shape index (κ2) is 8.36. The normalized spacial score (nSPS) is 22.2. The molecule has 2 fully saturated rings. The summed E-state index contributed by atoms with van der Waals surface area (Å²) < 4.78 is 32.6. The molecule has 1 aliphatic carbocycles. The van der Waals surface area contributed by atoms with Crippen LogP contribution >= 0.6 is 0 Å². The Labute approximate surface area is 178 Å². The Kier molecular flexibility index (Phi) is 5.77. The number of nitrogens with zero attached hydrogens (tertiary/aromatic N) is 1. The lowest BCUT2D eigenvalue weighted by atomic mass is 9.96. The van der Waals surface area contributed by atoms with Crippen molar-refractivity contribution in [1.82, 2.24) is 10.2 Å². The molecule has 2 aromatic rings. The largest absolute Gasteiger partial charge is 0.389 e. The Morgan fingerprint density at radius 3 is 2.06 bits per heavy atom. The molecule has 1 saturated carbocycles. The SMILES string of the molecule is C[C@]1(C2CC2)NC(=O)N(C[C@H](O)COC(c2ccc(F)cc2)c2ccc(F)cc2)C1=O. The number of rotatable bonds is 8. The highest BCUT2D eigenvalue weighted by Crippen LogP contribution is 2.42. The first-order valence-electron chi connectivity index (χ1n) is 10.2. The number of β-amino-alcohol motifs (C(OH)–C–C–N with tert-alkyl or cyclic N) is 1. The molecule has 4 rings (SSSR count). The fourth-order valence-corrected chi connectivity index (χ4v) is 3.95. The van der Waals surface area contributed by atoms with Crippen LogP contribution in [0.2, 0.25) is 0 Å². The molecule has 2 N–H and O–H groups in total. The molecule has 0 spiro atoms. The smallest absolute Gasteiger partial charge is 0.325 e. The number of aliphatic hydroxyl groups is 1. The molecule has 31 heavy (non-hydrogen) atoms. The summed E-state index contributed by atoms with van der Waals surface area (Å²) in [7, 11) is 0. The summed E-state index contributed by atoms with van der Waals surface area (Å²) in [4.78, 5) is 26.0. The van der Waals surface area contributed by atoms with E-state index in [1.165, 1.54) is 24.3 Å². The number of aliphatic hydroxyl groups excluding tert-OH is 1. The Balaban J connectivity index is 1.44. The summed E-state index contributed by atoms with van der Waals surface area (Å²) in [6.07, 6.45) is -0.0340. The summed E-state index contributed by atoms with van der Waals surface area (Å²) in [5.74, 6) is -1.02. The van der Waals surface area contributed by atoms with Gasteiger partial charge in [0.1, 0.15) is 23.3 Å². The number of benzene rings is 2. The third-order valence-electron chi connectivity index (χ3n) is 5.89. The van der Waals surface area contributed by atoms with Gasteiger partial charge >= 0.3 is 6.03 Å². The van der Waals surface area contributed by atoms with Crippen LogP contribution in [0.15, 0.2) is 48.5 Å². The molecule has 3 amide bonds. The molecular formula is C23H24F2N2O4. The van der Waals surface area contributed by atoms with Crippen molar-refractivity contribution in [2.24, 2.45) is 5.92 Å². The van der Waals surface area contributed by atoms with Gasteiger partial charge in [0.2, 0.25) is 0 Å². The molecule has 2 aliphatic rings. The number of nitrogens with one attached hydrogen (secondary N) is 1. The summed E-state index contributed by atoms with van der Waals surface area (Å²) in [5, 5.41) is 13.2. The zero-order chi connectivity index (χ0) is 22.2. The van der Waals surface area contributed by atoms with Gasteiger partial charge in [0.15, 0.2) is 0 Å². The lowest BCUT2D eigenvalue weighted by Gasteiger charge is -2.24. The van der Waals surface area contributed by atoms with Crippen molar-refractivity contribution >= 4 is 11.9 Å². The Hall–Kier alpha value is -2.84. The van der Waals surface area contributed by atoms with Gasteiger partial charge in [-0.3, -0.25) is 9.69 Å². The number of urea groups is 1. The highest BCUT2D eigenvalue weighted by molar-refractivity contribution is 6.07. The van der Waals surface area contributed by atoms with E-state index in [0.29, 0.717) is 11.1 Å². The van der Waals surface area contributed by atoms with Crippen LogP contribution in [0.25, 0.3) is 0 Å². The molecule has 1 aliphatic heterocycles. The minimum atomic E-state index is -1.13. The highest BCUT2D eigenvalue weighted by Gasteiger charge is 2.56. The summed E-state index contributed by atoms with van der Waals surface area (Å²) in [6, 6.07) is 10.8. The average Bonchev–Trinajstić information content (AvgIpc) is 3.57. The summed E-state index contributed by atoms with van der Waals surface area (Å²) in [6.45, 7) is 1.33. The lowest BCUT2D eigenvalue weighted by molar-refractivity contribution is -0.132. The zero-order valence-electron chi connectivity index (χ0n) is 17.1. The van der Waals surface area contributed by atoms with Crippen LogP contribution in [0.4, 0.5) is 13.6 Å². The predicted octanol–water partition coefficient (Wildman–Crippen LogP) is 3.15. The number of imide groups is 1. The van der Waals surface area contributed by atoms with Crippen molar-refractivity contribution in [3.8, 4) is 0 Å². The van der Waals surface area contributed by atoms with Gasteiger partial charge in [-0.1, -0.05) is 24.3 Å². The van der Waals surface area contributed by atoms with E-state index >= 15 is 0 Å². The third-order valence-corrected chi connectivity index (χ3v) is 5.89. The molecule has 0 radical (unpaired) electrons. The van der Waals surface area contributed by atoms with E-state index in [0.717, 1.165) is 17.7 Å². The van der Waals surface area contributed by atoms with Gasteiger partial charge in [0.05, 0.1) is 19.3 Å². The number of hydrogen-bond acceptors (Lipinski definition) is 4. The number of halogens is 2. The fraction of sp³-hybridized carbons (Fsp3) is 0.391. The van der Waals surface area contributed by atoms with Crippen molar-refractivity contribution in [2.75, 3.05) is 13.2 Å². The molecule has 2 atom stereocenters. The van der Waals surface area contributed by atoms with Gasteiger partial charge < -0.3 is 15.2 Å². The maximum Gasteiger partial charge on any atom is 0.325 e. The molecule has 0 unspecified atom stereocenters. The van der Waals surface area contributed by atoms with Crippen LogP contribution in [-0.4, -0.2) is 46.7 Å². The fourth-order valence-electron chi connectivity index (χ4n) is 3.95. The predicted molar refractivity (Wildman–Crippen MR) is 108 cm³/mol. The van der Waals surface area contributed by atoms with Crippen LogP contribution in [0.1, 0.15) is 37.0 Å². The van der Waals surface area contributed by atoms with Gasteiger partial charge in [0.25, 0.3) is 5.91 Å². The van der Waals surface area contributed by atoms with Gasteiger partial charge in [-0.15, -0.1) is 0 Å². The number of ether oxygens (including phenoxy) is 1. The number of hydrogen-bond donors (Lipinski definition) is 2. The standard InChI is InChI=1S/C23H24F2N2O4/c1-23(16-6-7-16)21(29)27(22(30)26-23)12-19(28)13-31-20(14-2-8-17(24)9-3-14)15-4-10-18(25)11-5-15/h2-5,8-11,16,19-20,28H,6-7,12-13H2,1H3,(H,26,30)/t19-,23+/m0/s1. The Bertz CT molecular complexity index is 917. The van der Waals surface area contributed by atoms with Gasteiger partial charge in [-0.2, -0.15) is 0 Å². The topological polar surface area (TPSA) is 78.9 Å². The minimum Gasteiger partial charge on any atom is -0.389 e. The van der Waals surface area contributed by atoms with E-state index in [4.69, 9.17) is 4.74 Å². The highest BCUT2D eigenvalue weighted by atomic mass is 19.1. The van der Waals surface area contributed by atoms with E-state index in [2.05, 4.69) is 5.32 Å². The number of carbonyl (C=O) groups excluding carboxylic acids is 2. The van der Waals surface area contributed by atoms with Gasteiger partial charge in [-0.05, 0) is 61.1 Å². The average molecular weight is 430 g/mol. The zero-order valence-corrected chi connectivity index (χ0v) is 17.1. The third kappa shape index (κ3) is 4.45. The maximum absolute atomic E-state index is 13.3.